The summed E-state index contributed by atoms with van der Waals surface area (Å²) in [5.74, 6) is 1.17. The number of aromatic hydroxyl groups is 1. The molecule has 2 heterocycles. The zero-order valence-corrected chi connectivity index (χ0v) is 21.0. The van der Waals surface area contributed by atoms with Crippen molar-refractivity contribution in [3.63, 3.8) is 0 Å². The summed E-state index contributed by atoms with van der Waals surface area (Å²) < 4.78 is 27.3. The van der Waals surface area contributed by atoms with Crippen LogP contribution in [0.15, 0.2) is 48.5 Å². The molecule has 2 aromatic rings. The molecule has 34 heavy (non-hydrogen) atoms. The molecule has 2 aliphatic heterocycles. The summed E-state index contributed by atoms with van der Waals surface area (Å²) in [6, 6.07) is 15.2. The molecule has 0 bridgehead atoms. The maximum absolute atomic E-state index is 9.42. The van der Waals surface area contributed by atoms with E-state index in [9.17, 15) is 5.11 Å². The maximum Gasteiger partial charge on any atom is 0.118 e. The molecule has 1 unspecified atom stereocenters. The first kappa shape index (κ1) is 26.5. The van der Waals surface area contributed by atoms with E-state index in [0.29, 0.717) is 6.61 Å². The number of methoxy groups -OCH3 is 1. The van der Waals surface area contributed by atoms with Gasteiger partial charge in [-0.25, -0.2) is 0 Å². The van der Waals surface area contributed by atoms with Crippen molar-refractivity contribution in [2.24, 2.45) is 10.8 Å². The van der Waals surface area contributed by atoms with Gasteiger partial charge in [0.1, 0.15) is 11.5 Å². The number of phenolic OH excluding ortho intramolecular Hbond substituents is 1. The van der Waals surface area contributed by atoms with Gasteiger partial charge in [-0.1, -0.05) is 38.1 Å². The summed E-state index contributed by atoms with van der Waals surface area (Å²) in [7, 11) is 1.67. The Labute approximate surface area is 204 Å². The Bertz CT molecular complexity index is 846. The number of hydrogen-bond acceptors (Lipinski definition) is 6. The van der Waals surface area contributed by atoms with Crippen molar-refractivity contribution in [2.45, 2.75) is 46.3 Å². The lowest BCUT2D eigenvalue weighted by Crippen LogP contribution is -2.45. The summed E-state index contributed by atoms with van der Waals surface area (Å²) in [4.78, 5) is 0. The van der Waals surface area contributed by atoms with Gasteiger partial charge in [-0.3, -0.25) is 0 Å². The highest BCUT2D eigenvalue weighted by molar-refractivity contribution is 5.28. The van der Waals surface area contributed by atoms with Gasteiger partial charge in [0.15, 0.2) is 0 Å². The first-order chi connectivity index (χ1) is 16.4. The minimum atomic E-state index is 0.00567. The highest BCUT2D eigenvalue weighted by Gasteiger charge is 2.38. The fourth-order valence-electron chi connectivity index (χ4n) is 3.84. The Morgan fingerprint density at radius 3 is 2.03 bits per heavy atom. The van der Waals surface area contributed by atoms with Crippen LogP contribution in [-0.4, -0.2) is 51.9 Å². The highest BCUT2D eigenvalue weighted by atomic mass is 16.5. The molecule has 2 aliphatic rings. The highest BCUT2D eigenvalue weighted by Crippen LogP contribution is 2.34. The van der Waals surface area contributed by atoms with E-state index in [1.54, 1.807) is 19.2 Å². The van der Waals surface area contributed by atoms with Crippen molar-refractivity contribution in [3.8, 4) is 11.5 Å². The second kappa shape index (κ2) is 12.5. The lowest BCUT2D eigenvalue weighted by atomic mass is 9.84. The minimum Gasteiger partial charge on any atom is -0.508 e. The van der Waals surface area contributed by atoms with Crippen LogP contribution in [0.4, 0.5) is 0 Å². The summed E-state index contributed by atoms with van der Waals surface area (Å²) in [6.45, 7) is 11.8. The third kappa shape index (κ3) is 7.19. The average molecular weight is 473 g/mol. The Balaban J connectivity index is 0.000000191. The Morgan fingerprint density at radius 2 is 1.53 bits per heavy atom. The lowest BCUT2D eigenvalue weighted by molar-refractivity contribution is -0.159. The van der Waals surface area contributed by atoms with Gasteiger partial charge < -0.3 is 28.8 Å². The van der Waals surface area contributed by atoms with E-state index in [2.05, 4.69) is 13.8 Å². The third-order valence-corrected chi connectivity index (χ3v) is 6.95. The van der Waals surface area contributed by atoms with E-state index >= 15 is 0 Å². The summed E-state index contributed by atoms with van der Waals surface area (Å²) in [6.07, 6.45) is 2.21. The van der Waals surface area contributed by atoms with Crippen LogP contribution >= 0.6 is 0 Å². The number of phenols is 1. The smallest absolute Gasteiger partial charge is 0.118 e. The molecule has 0 amide bonds. The van der Waals surface area contributed by atoms with Crippen LogP contribution < -0.4 is 4.74 Å². The zero-order chi connectivity index (χ0) is 24.4. The van der Waals surface area contributed by atoms with Gasteiger partial charge in [0.2, 0.25) is 0 Å². The molecule has 0 saturated carbocycles. The largest absolute Gasteiger partial charge is 0.508 e. The lowest BCUT2D eigenvalue weighted by Gasteiger charge is -2.41. The first-order valence-corrected chi connectivity index (χ1v) is 12.2. The van der Waals surface area contributed by atoms with Crippen LogP contribution in [0.5, 0.6) is 11.5 Å². The quantitative estimate of drug-likeness (QED) is 0.464. The number of hydrogen-bond donors (Lipinski definition) is 1. The van der Waals surface area contributed by atoms with E-state index in [-0.39, 0.29) is 22.7 Å². The standard InChI is InChI=1S/2C14H20O3/c1-3-14(10-17-11-14)9-16-8-12-4-6-13(15-2)7-5-12;1-3-14(8-16-9-14)10-17-11(2)12-5-4-6-13(15)7-12/h4-7H,3,8-11H2,1-2H3;4-7,11,15H,3,8-10H2,1-2H3. The van der Waals surface area contributed by atoms with E-state index in [1.807, 2.05) is 43.3 Å². The normalized spacial score (nSPS) is 18.6. The van der Waals surface area contributed by atoms with E-state index < -0.39 is 0 Å². The third-order valence-electron chi connectivity index (χ3n) is 6.95. The van der Waals surface area contributed by atoms with Crippen molar-refractivity contribution in [3.05, 3.63) is 59.7 Å². The van der Waals surface area contributed by atoms with Crippen molar-refractivity contribution in [1.29, 1.82) is 0 Å². The van der Waals surface area contributed by atoms with E-state index in [4.69, 9.17) is 23.7 Å². The molecular weight excluding hydrogens is 432 g/mol. The molecule has 0 spiro atoms. The molecule has 188 valence electrons. The maximum atomic E-state index is 9.42. The Morgan fingerprint density at radius 1 is 0.912 bits per heavy atom. The van der Waals surface area contributed by atoms with Crippen molar-refractivity contribution < 1.29 is 28.8 Å². The average Bonchev–Trinajstić information content (AvgIpc) is 2.81. The Hall–Kier alpha value is -2.12. The summed E-state index contributed by atoms with van der Waals surface area (Å²) in [5.41, 5.74) is 2.67. The molecule has 0 aromatic heterocycles. The molecule has 0 aliphatic carbocycles. The molecule has 2 saturated heterocycles. The topological polar surface area (TPSA) is 66.4 Å². The van der Waals surface area contributed by atoms with Gasteiger partial charge in [0, 0.05) is 10.8 Å². The molecule has 2 fully saturated rings. The van der Waals surface area contributed by atoms with Crippen LogP contribution in [0.3, 0.4) is 0 Å². The van der Waals surface area contributed by atoms with E-state index in [0.717, 1.165) is 63.8 Å². The monoisotopic (exact) mass is 472 g/mol. The molecule has 4 rings (SSSR count). The van der Waals surface area contributed by atoms with Gasteiger partial charge in [0.05, 0.1) is 59.5 Å². The van der Waals surface area contributed by atoms with E-state index in [1.165, 1.54) is 5.56 Å². The number of rotatable bonds is 11. The van der Waals surface area contributed by atoms with Crippen molar-refractivity contribution in [1.82, 2.24) is 0 Å². The SMILES string of the molecule is CCC1(COC(C)c2cccc(O)c2)COC1.CCC1(COCc2ccc(OC)cc2)COC1. The van der Waals surface area contributed by atoms with Crippen molar-refractivity contribution >= 4 is 0 Å². The molecule has 1 atom stereocenters. The van der Waals surface area contributed by atoms with Crippen LogP contribution in [0.1, 0.15) is 50.8 Å². The second-order valence-electron chi connectivity index (χ2n) is 9.58. The summed E-state index contributed by atoms with van der Waals surface area (Å²) in [5, 5.41) is 9.42. The summed E-state index contributed by atoms with van der Waals surface area (Å²) >= 11 is 0. The Kier molecular flexibility index (Phi) is 9.77. The molecule has 1 N–H and O–H groups in total. The van der Waals surface area contributed by atoms with Crippen LogP contribution in [0.25, 0.3) is 0 Å². The second-order valence-corrected chi connectivity index (χ2v) is 9.58. The van der Waals surface area contributed by atoms with Crippen LogP contribution in [-0.2, 0) is 25.6 Å². The van der Waals surface area contributed by atoms with Crippen LogP contribution in [0.2, 0.25) is 0 Å². The predicted octanol–water partition coefficient (Wildman–Crippen LogP) is 5.53. The molecular formula is C28H40O6. The molecule has 2 aromatic carbocycles. The van der Waals surface area contributed by atoms with Gasteiger partial charge in [0.25, 0.3) is 0 Å². The van der Waals surface area contributed by atoms with Gasteiger partial charge in [-0.15, -0.1) is 0 Å². The number of benzene rings is 2. The van der Waals surface area contributed by atoms with Gasteiger partial charge in [-0.05, 0) is 55.2 Å². The van der Waals surface area contributed by atoms with Crippen molar-refractivity contribution in [2.75, 3.05) is 46.8 Å². The predicted molar refractivity (Wildman–Crippen MR) is 132 cm³/mol. The number of ether oxygens (including phenoxy) is 5. The fourth-order valence-corrected chi connectivity index (χ4v) is 3.84. The van der Waals surface area contributed by atoms with Gasteiger partial charge >= 0.3 is 0 Å². The molecule has 0 radical (unpaired) electrons. The minimum absolute atomic E-state index is 0.00567. The van der Waals surface area contributed by atoms with Gasteiger partial charge in [-0.2, -0.15) is 0 Å². The fraction of sp³-hybridized carbons (Fsp3) is 0.571. The molecule has 6 nitrogen and oxygen atoms in total. The molecule has 6 heteroatoms. The zero-order valence-electron chi connectivity index (χ0n) is 21.0. The van der Waals surface area contributed by atoms with Crippen LogP contribution in [0, 0.1) is 10.8 Å². The first-order valence-electron chi connectivity index (χ1n) is 12.2.